The lowest BCUT2D eigenvalue weighted by molar-refractivity contribution is 0.101. The maximum Gasteiger partial charge on any atom is 0.159 e. The van der Waals surface area contributed by atoms with E-state index in [4.69, 9.17) is 0 Å². The molecular weight excluding hydrogens is 329 g/mol. The molecule has 0 fully saturated rings. The van der Waals surface area contributed by atoms with Crippen molar-refractivity contribution in [3.05, 3.63) is 50.4 Å². The predicted molar refractivity (Wildman–Crippen MR) is 80.5 cm³/mol. The second-order valence-corrected chi connectivity index (χ2v) is 6.63. The number of thiophene rings is 1. The van der Waals surface area contributed by atoms with Gasteiger partial charge in [0.1, 0.15) is 5.82 Å². The van der Waals surface area contributed by atoms with Gasteiger partial charge in [-0.05, 0) is 58.1 Å². The highest BCUT2D eigenvalue weighted by atomic mass is 79.9. The normalized spacial score (nSPS) is 10.5. The topological polar surface area (TPSA) is 20.3 Å². The summed E-state index contributed by atoms with van der Waals surface area (Å²) in [6.07, 6.45) is 0. The maximum absolute atomic E-state index is 14.0. The van der Waals surface area contributed by atoms with E-state index in [9.17, 15) is 9.18 Å². The van der Waals surface area contributed by atoms with Crippen LogP contribution < -0.4 is 4.90 Å². The van der Waals surface area contributed by atoms with E-state index in [0.717, 1.165) is 9.35 Å². The summed E-state index contributed by atoms with van der Waals surface area (Å²) in [4.78, 5) is 13.0. The second-order valence-electron chi connectivity index (χ2n) is 4.34. The smallest absolute Gasteiger partial charge is 0.159 e. The van der Waals surface area contributed by atoms with Crippen molar-refractivity contribution in [3.8, 4) is 0 Å². The molecule has 2 rings (SSSR count). The lowest BCUT2D eigenvalue weighted by atomic mass is 10.1. The zero-order valence-electron chi connectivity index (χ0n) is 10.6. The van der Waals surface area contributed by atoms with Crippen LogP contribution in [0, 0.1) is 5.82 Å². The van der Waals surface area contributed by atoms with Crippen LogP contribution >= 0.6 is 27.3 Å². The average Bonchev–Trinajstić information content (AvgIpc) is 2.74. The fraction of sp³-hybridized carbons (Fsp3) is 0.214. The van der Waals surface area contributed by atoms with Crippen LogP contribution in [-0.4, -0.2) is 12.8 Å². The molecule has 0 radical (unpaired) electrons. The van der Waals surface area contributed by atoms with Crippen LogP contribution in [0.2, 0.25) is 0 Å². The van der Waals surface area contributed by atoms with E-state index in [1.807, 2.05) is 23.4 Å². The van der Waals surface area contributed by atoms with Crippen LogP contribution in [-0.2, 0) is 6.54 Å². The molecule has 0 saturated carbocycles. The Balaban J connectivity index is 2.19. The maximum atomic E-state index is 14.0. The Labute approximate surface area is 124 Å². The van der Waals surface area contributed by atoms with Crippen LogP contribution in [0.15, 0.2) is 33.4 Å². The number of benzene rings is 1. The van der Waals surface area contributed by atoms with Gasteiger partial charge in [0.15, 0.2) is 5.78 Å². The highest BCUT2D eigenvalue weighted by Crippen LogP contribution is 2.25. The number of hydrogen-bond acceptors (Lipinski definition) is 3. The van der Waals surface area contributed by atoms with Gasteiger partial charge in [0.25, 0.3) is 0 Å². The summed E-state index contributed by atoms with van der Waals surface area (Å²) in [6, 6.07) is 6.61. The van der Waals surface area contributed by atoms with Gasteiger partial charge in [-0.1, -0.05) is 0 Å². The summed E-state index contributed by atoms with van der Waals surface area (Å²) >= 11 is 5.01. The number of rotatable bonds is 4. The Hall–Kier alpha value is -1.20. The van der Waals surface area contributed by atoms with Crippen molar-refractivity contribution in [3.63, 3.8) is 0 Å². The predicted octanol–water partition coefficient (Wildman–Crippen LogP) is 4.49. The van der Waals surface area contributed by atoms with E-state index >= 15 is 0 Å². The van der Waals surface area contributed by atoms with E-state index in [1.165, 1.54) is 13.0 Å². The van der Waals surface area contributed by atoms with E-state index < -0.39 is 0 Å². The zero-order valence-corrected chi connectivity index (χ0v) is 13.0. The van der Waals surface area contributed by atoms with Gasteiger partial charge >= 0.3 is 0 Å². The van der Waals surface area contributed by atoms with Crippen molar-refractivity contribution < 1.29 is 9.18 Å². The minimum absolute atomic E-state index is 0.130. The molecule has 0 saturated heterocycles. The van der Waals surface area contributed by atoms with Crippen molar-refractivity contribution in [1.29, 1.82) is 0 Å². The molecule has 19 heavy (non-hydrogen) atoms. The van der Waals surface area contributed by atoms with E-state index in [-0.39, 0.29) is 11.6 Å². The van der Waals surface area contributed by atoms with Gasteiger partial charge < -0.3 is 4.90 Å². The van der Waals surface area contributed by atoms with Gasteiger partial charge in [-0.25, -0.2) is 4.39 Å². The van der Waals surface area contributed by atoms with Crippen molar-refractivity contribution in [2.45, 2.75) is 13.5 Å². The Morgan fingerprint density at radius 1 is 1.42 bits per heavy atom. The summed E-state index contributed by atoms with van der Waals surface area (Å²) in [7, 11) is 1.83. The molecule has 1 aromatic carbocycles. The van der Waals surface area contributed by atoms with Crippen molar-refractivity contribution in [2.75, 3.05) is 11.9 Å². The monoisotopic (exact) mass is 341 g/mol. The molecule has 0 aliphatic rings. The third kappa shape index (κ3) is 3.42. The number of anilines is 1. The van der Waals surface area contributed by atoms with Crippen molar-refractivity contribution >= 4 is 38.7 Å². The van der Waals surface area contributed by atoms with Gasteiger partial charge in [-0.15, -0.1) is 11.3 Å². The summed E-state index contributed by atoms with van der Waals surface area (Å²) in [5.74, 6) is -0.501. The number of halogens is 2. The number of Topliss-reactive ketones (excluding diaryl/α,β-unsaturated/α-hetero) is 1. The lowest BCUT2D eigenvalue weighted by Gasteiger charge is -2.19. The first kappa shape index (κ1) is 14.2. The van der Waals surface area contributed by atoms with Crippen molar-refractivity contribution in [1.82, 2.24) is 0 Å². The fourth-order valence-corrected chi connectivity index (χ4v) is 3.02. The molecule has 5 heteroatoms. The van der Waals surface area contributed by atoms with E-state index in [0.29, 0.717) is 17.8 Å². The Kier molecular flexibility index (Phi) is 4.37. The summed E-state index contributed by atoms with van der Waals surface area (Å²) in [5.41, 5.74) is 2.01. The Morgan fingerprint density at radius 2 is 2.16 bits per heavy atom. The molecule has 2 nitrogen and oxygen atoms in total. The third-order valence-electron chi connectivity index (χ3n) is 2.81. The molecule has 0 aliphatic carbocycles. The first-order valence-corrected chi connectivity index (χ1v) is 7.39. The third-order valence-corrected chi connectivity index (χ3v) is 4.36. The van der Waals surface area contributed by atoms with Crippen LogP contribution in [0.25, 0.3) is 0 Å². The molecule has 0 spiro atoms. The highest BCUT2D eigenvalue weighted by molar-refractivity contribution is 9.11. The van der Waals surface area contributed by atoms with Gasteiger partial charge in [-0.3, -0.25) is 4.79 Å². The number of carbonyl (C=O) groups excluding carboxylic acids is 1. The SMILES string of the molecule is CC(=O)c1ccc(N(C)Cc2csc(Br)c2)c(F)c1. The Morgan fingerprint density at radius 3 is 2.68 bits per heavy atom. The minimum Gasteiger partial charge on any atom is -0.368 e. The summed E-state index contributed by atoms with van der Waals surface area (Å²) in [6.45, 7) is 2.06. The molecule has 0 N–H and O–H groups in total. The quantitative estimate of drug-likeness (QED) is 0.763. The second kappa shape index (κ2) is 5.84. The number of hydrogen-bond donors (Lipinski definition) is 0. The largest absolute Gasteiger partial charge is 0.368 e. The van der Waals surface area contributed by atoms with Gasteiger partial charge in [0, 0.05) is 19.2 Å². The average molecular weight is 342 g/mol. The van der Waals surface area contributed by atoms with E-state index in [2.05, 4.69) is 15.9 Å². The molecule has 1 aromatic heterocycles. The highest BCUT2D eigenvalue weighted by Gasteiger charge is 2.11. The van der Waals surface area contributed by atoms with Crippen LogP contribution in [0.5, 0.6) is 0 Å². The molecule has 0 unspecified atom stereocenters. The van der Waals surface area contributed by atoms with Gasteiger partial charge in [0.2, 0.25) is 0 Å². The van der Waals surface area contributed by atoms with E-state index in [1.54, 1.807) is 23.5 Å². The molecule has 2 aromatic rings. The lowest BCUT2D eigenvalue weighted by Crippen LogP contribution is -2.17. The first-order valence-electron chi connectivity index (χ1n) is 5.72. The van der Waals surface area contributed by atoms with Crippen molar-refractivity contribution in [2.24, 2.45) is 0 Å². The van der Waals surface area contributed by atoms with Gasteiger partial charge in [-0.2, -0.15) is 0 Å². The van der Waals surface area contributed by atoms with Gasteiger partial charge in [0.05, 0.1) is 9.47 Å². The first-order chi connectivity index (χ1) is 8.97. The van der Waals surface area contributed by atoms with Crippen LogP contribution in [0.4, 0.5) is 10.1 Å². The Bertz CT molecular complexity index is 611. The fourth-order valence-electron chi connectivity index (χ4n) is 1.82. The molecular formula is C14H13BrFNOS. The standard InChI is InChI=1S/C14H13BrFNOS/c1-9(18)11-3-4-13(12(16)6-11)17(2)7-10-5-14(15)19-8-10/h3-6,8H,7H2,1-2H3. The molecule has 1 heterocycles. The molecule has 0 atom stereocenters. The number of carbonyl (C=O) groups is 1. The van der Waals surface area contributed by atoms with Crippen LogP contribution in [0.1, 0.15) is 22.8 Å². The molecule has 0 amide bonds. The molecule has 100 valence electrons. The minimum atomic E-state index is -0.371. The molecule has 0 bridgehead atoms. The molecule has 0 aliphatic heterocycles. The summed E-state index contributed by atoms with van der Waals surface area (Å²) in [5, 5.41) is 2.03. The number of nitrogens with zero attached hydrogens (tertiary/aromatic N) is 1. The number of ketones is 1. The zero-order chi connectivity index (χ0) is 14.0. The van der Waals surface area contributed by atoms with Crippen LogP contribution in [0.3, 0.4) is 0 Å². The summed E-state index contributed by atoms with van der Waals surface area (Å²) < 4.78 is 15.0.